The Kier molecular flexibility index (Phi) is 3.74. The van der Waals surface area contributed by atoms with Crippen molar-refractivity contribution in [3.05, 3.63) is 66.2 Å². The van der Waals surface area contributed by atoms with Crippen LogP contribution in [0.5, 0.6) is 0 Å². The predicted molar refractivity (Wildman–Crippen MR) is 94.4 cm³/mol. The largest absolute Gasteiger partial charge is 0.292 e. The molecule has 1 atom stereocenters. The number of thioether (sulfide) groups is 1. The number of carbonyl (C=O) groups is 1. The van der Waals surface area contributed by atoms with Gasteiger partial charge in [-0.25, -0.2) is 0 Å². The first-order chi connectivity index (χ1) is 11.7. The lowest BCUT2D eigenvalue weighted by Gasteiger charge is -2.19. The summed E-state index contributed by atoms with van der Waals surface area (Å²) >= 11 is 1.39. The zero-order chi connectivity index (χ0) is 16.5. The maximum absolute atomic E-state index is 12.7. The number of rotatable bonds is 3. The molecule has 24 heavy (non-hydrogen) atoms. The minimum Gasteiger partial charge on any atom is -0.292 e. The van der Waals surface area contributed by atoms with Gasteiger partial charge in [-0.05, 0) is 6.92 Å². The molecule has 1 unspecified atom stereocenters. The van der Waals surface area contributed by atoms with Crippen molar-refractivity contribution in [3.8, 4) is 11.4 Å². The summed E-state index contributed by atoms with van der Waals surface area (Å²) in [5.41, 5.74) is 2.38. The van der Waals surface area contributed by atoms with Crippen LogP contribution < -0.4 is 0 Å². The van der Waals surface area contributed by atoms with Gasteiger partial charge in [0.25, 0.3) is 0 Å². The van der Waals surface area contributed by atoms with E-state index in [9.17, 15) is 4.79 Å². The Balaban J connectivity index is 1.70. The summed E-state index contributed by atoms with van der Waals surface area (Å²) in [5, 5.41) is 13.3. The number of ketones is 1. The van der Waals surface area contributed by atoms with E-state index in [2.05, 4.69) is 15.3 Å². The summed E-state index contributed by atoms with van der Waals surface area (Å²) in [6, 6.07) is 19.1. The van der Waals surface area contributed by atoms with Crippen LogP contribution in [0, 0.1) is 0 Å². The number of Topliss-reactive ketones (excluding diaryl/α,β-unsaturated/α-hetero) is 1. The second-order valence-electron chi connectivity index (χ2n) is 5.45. The number of fused-ring (bicyclic) bond motifs is 1. The Hall–Kier alpha value is -2.73. The molecule has 0 bridgehead atoms. The summed E-state index contributed by atoms with van der Waals surface area (Å²) < 4.78 is 1.71. The first-order valence-corrected chi connectivity index (χ1v) is 8.44. The maximum Gasteiger partial charge on any atom is 0.213 e. The van der Waals surface area contributed by atoms with Gasteiger partial charge in [-0.15, -0.1) is 10.2 Å². The molecule has 4 rings (SSSR count). The SMILES string of the molecule is CC1=Nn2c(nnc2-c2ccccc2)SC1C(=O)c1ccccc1. The van der Waals surface area contributed by atoms with Crippen molar-refractivity contribution < 1.29 is 4.79 Å². The summed E-state index contributed by atoms with van der Waals surface area (Å²) in [6.07, 6.45) is 0. The van der Waals surface area contributed by atoms with Gasteiger partial charge in [0.15, 0.2) is 11.6 Å². The van der Waals surface area contributed by atoms with Crippen LogP contribution in [0.3, 0.4) is 0 Å². The van der Waals surface area contributed by atoms with E-state index in [-0.39, 0.29) is 11.0 Å². The van der Waals surface area contributed by atoms with Crippen LogP contribution in [0.15, 0.2) is 70.9 Å². The summed E-state index contributed by atoms with van der Waals surface area (Å²) in [4.78, 5) is 12.7. The molecule has 0 spiro atoms. The van der Waals surface area contributed by atoms with Crippen molar-refractivity contribution in [2.75, 3.05) is 0 Å². The fourth-order valence-electron chi connectivity index (χ4n) is 2.59. The van der Waals surface area contributed by atoms with Gasteiger partial charge in [0.05, 0.1) is 5.71 Å². The van der Waals surface area contributed by atoms with Crippen LogP contribution in [0.25, 0.3) is 11.4 Å². The highest BCUT2D eigenvalue weighted by atomic mass is 32.2. The van der Waals surface area contributed by atoms with Gasteiger partial charge in [-0.3, -0.25) is 4.79 Å². The van der Waals surface area contributed by atoms with Gasteiger partial charge in [0.1, 0.15) is 5.25 Å². The molecule has 1 aromatic heterocycles. The first kappa shape index (κ1) is 14.8. The molecule has 0 fully saturated rings. The number of aromatic nitrogens is 3. The van der Waals surface area contributed by atoms with E-state index in [1.165, 1.54) is 11.8 Å². The smallest absolute Gasteiger partial charge is 0.213 e. The lowest BCUT2D eigenvalue weighted by Crippen LogP contribution is -2.29. The molecule has 3 aromatic rings. The molecule has 2 heterocycles. The van der Waals surface area contributed by atoms with Gasteiger partial charge in [0.2, 0.25) is 5.16 Å². The van der Waals surface area contributed by atoms with E-state index in [1.54, 1.807) is 4.68 Å². The van der Waals surface area contributed by atoms with Crippen LogP contribution >= 0.6 is 11.8 Å². The van der Waals surface area contributed by atoms with E-state index in [0.29, 0.717) is 16.5 Å². The van der Waals surface area contributed by atoms with Crippen LogP contribution in [0.2, 0.25) is 0 Å². The molecule has 5 nitrogen and oxygen atoms in total. The topological polar surface area (TPSA) is 60.1 Å². The highest BCUT2D eigenvalue weighted by molar-refractivity contribution is 8.01. The Morgan fingerprint density at radius 3 is 2.38 bits per heavy atom. The van der Waals surface area contributed by atoms with Crippen molar-refractivity contribution in [3.63, 3.8) is 0 Å². The van der Waals surface area contributed by atoms with E-state index in [0.717, 1.165) is 11.3 Å². The molecule has 0 radical (unpaired) electrons. The standard InChI is InChI=1S/C18H14N4OS/c1-12-16(15(23)13-8-4-2-5-9-13)24-18-20-19-17(22(18)21-12)14-10-6-3-7-11-14/h2-11,16H,1H3. The number of hydrogen-bond acceptors (Lipinski definition) is 5. The third-order valence-electron chi connectivity index (χ3n) is 3.80. The maximum atomic E-state index is 12.7. The molecule has 0 N–H and O–H groups in total. The van der Waals surface area contributed by atoms with Crippen molar-refractivity contribution in [1.29, 1.82) is 0 Å². The molecule has 6 heteroatoms. The van der Waals surface area contributed by atoms with Crippen molar-refractivity contribution in [1.82, 2.24) is 14.9 Å². The molecular weight excluding hydrogens is 320 g/mol. The average molecular weight is 334 g/mol. The Morgan fingerprint density at radius 2 is 1.67 bits per heavy atom. The van der Waals surface area contributed by atoms with Crippen molar-refractivity contribution in [2.45, 2.75) is 17.3 Å². The van der Waals surface area contributed by atoms with E-state index >= 15 is 0 Å². The number of carbonyl (C=O) groups excluding carboxylic acids is 1. The molecule has 0 saturated heterocycles. The zero-order valence-electron chi connectivity index (χ0n) is 13.0. The molecular formula is C18H14N4OS. The molecule has 2 aromatic carbocycles. The molecule has 1 aliphatic rings. The quantitative estimate of drug-likeness (QED) is 0.688. The first-order valence-electron chi connectivity index (χ1n) is 7.56. The second kappa shape index (κ2) is 6.05. The number of nitrogens with zero attached hydrogens (tertiary/aromatic N) is 4. The van der Waals surface area contributed by atoms with E-state index in [4.69, 9.17) is 0 Å². The van der Waals surface area contributed by atoms with E-state index < -0.39 is 0 Å². The number of hydrogen-bond donors (Lipinski definition) is 0. The highest BCUT2D eigenvalue weighted by Crippen LogP contribution is 2.32. The molecule has 1 aliphatic heterocycles. The third-order valence-corrected chi connectivity index (χ3v) is 5.06. The fourth-order valence-corrected chi connectivity index (χ4v) is 3.58. The summed E-state index contributed by atoms with van der Waals surface area (Å²) in [5.74, 6) is 0.723. The minimum atomic E-state index is -0.368. The summed E-state index contributed by atoms with van der Waals surface area (Å²) in [7, 11) is 0. The normalized spacial score (nSPS) is 16.4. The van der Waals surface area contributed by atoms with Gasteiger partial charge in [-0.1, -0.05) is 72.4 Å². The lowest BCUT2D eigenvalue weighted by molar-refractivity contribution is 0.100. The van der Waals surface area contributed by atoms with Gasteiger partial charge in [-0.2, -0.15) is 9.78 Å². The fraction of sp³-hybridized carbons (Fsp3) is 0.111. The van der Waals surface area contributed by atoms with Crippen LogP contribution in [-0.4, -0.2) is 31.6 Å². The molecule has 0 aliphatic carbocycles. The van der Waals surface area contributed by atoms with Gasteiger partial charge < -0.3 is 0 Å². The van der Waals surface area contributed by atoms with Crippen molar-refractivity contribution >= 4 is 23.3 Å². The third kappa shape index (κ3) is 2.55. The zero-order valence-corrected chi connectivity index (χ0v) is 13.8. The summed E-state index contributed by atoms with van der Waals surface area (Å²) in [6.45, 7) is 1.87. The predicted octanol–water partition coefficient (Wildman–Crippen LogP) is 3.53. The minimum absolute atomic E-state index is 0.0392. The van der Waals surface area contributed by atoms with Crippen LogP contribution in [0.4, 0.5) is 0 Å². The average Bonchev–Trinajstić information content (AvgIpc) is 3.04. The number of benzene rings is 2. The molecule has 0 saturated carbocycles. The van der Waals surface area contributed by atoms with E-state index in [1.807, 2.05) is 67.6 Å². The molecule has 118 valence electrons. The molecule has 0 amide bonds. The lowest BCUT2D eigenvalue weighted by atomic mass is 10.1. The van der Waals surface area contributed by atoms with Crippen LogP contribution in [0.1, 0.15) is 17.3 Å². The van der Waals surface area contributed by atoms with Crippen molar-refractivity contribution in [2.24, 2.45) is 5.10 Å². The van der Waals surface area contributed by atoms with Crippen LogP contribution in [-0.2, 0) is 0 Å². The Bertz CT molecular complexity index is 919. The highest BCUT2D eigenvalue weighted by Gasteiger charge is 2.31. The Morgan fingerprint density at radius 1 is 1.00 bits per heavy atom. The Labute approximate surface area is 143 Å². The van der Waals surface area contributed by atoms with Gasteiger partial charge >= 0.3 is 0 Å². The monoisotopic (exact) mass is 334 g/mol. The second-order valence-corrected chi connectivity index (χ2v) is 6.53. The van der Waals surface area contributed by atoms with Gasteiger partial charge in [0, 0.05) is 11.1 Å².